The van der Waals surface area contributed by atoms with Gasteiger partial charge in [0.25, 0.3) is 10.9 Å². The van der Waals surface area contributed by atoms with Crippen molar-refractivity contribution in [1.29, 1.82) is 0 Å². The van der Waals surface area contributed by atoms with Crippen LogP contribution in [0.3, 0.4) is 0 Å². The molecule has 1 amide bonds. The fraction of sp³-hybridized carbons (Fsp3) is 0.417. The molecule has 0 fully saturated rings. The number of nitrogens with one attached hydrogen (secondary N) is 1. The number of sulfone groups is 1. The summed E-state index contributed by atoms with van der Waals surface area (Å²) in [5.41, 5.74) is -0.327. The van der Waals surface area contributed by atoms with Gasteiger partial charge in [-0.2, -0.15) is 0 Å². The Morgan fingerprint density at radius 1 is 1.28 bits per heavy atom. The van der Waals surface area contributed by atoms with Gasteiger partial charge in [-0.3, -0.25) is 19.5 Å². The molecule has 1 aromatic rings. The molecule has 1 aromatic carbocycles. The highest BCUT2D eigenvalue weighted by atomic mass is 32.2. The third-order valence-corrected chi connectivity index (χ3v) is 8.13. The monoisotopic (exact) mass is 412 g/mol. The van der Waals surface area contributed by atoms with Crippen LogP contribution in [0.4, 0.5) is 10.5 Å². The maximum Gasteiger partial charge on any atom is 0.368 e. The molecular weight excluding hydrogens is 395 g/mol. The van der Waals surface area contributed by atoms with Gasteiger partial charge in [-0.1, -0.05) is 12.6 Å². The summed E-state index contributed by atoms with van der Waals surface area (Å²) >= 11 is 3.46. The largest absolute Gasteiger partial charge is 0.368 e. The zero-order valence-electron chi connectivity index (χ0n) is 13.3. The van der Waals surface area contributed by atoms with Crippen LogP contribution in [0.15, 0.2) is 29.2 Å². The quantitative estimate of drug-likeness (QED) is 0.273. The van der Waals surface area contributed by atoms with Crippen molar-refractivity contribution < 1.29 is 31.7 Å². The fourth-order valence-corrected chi connectivity index (χ4v) is 6.64. The van der Waals surface area contributed by atoms with Gasteiger partial charge in [-0.15, -0.1) is 0 Å². The Hall–Kier alpha value is -1.46. The molecule has 0 bridgehead atoms. The van der Waals surface area contributed by atoms with Crippen molar-refractivity contribution in [3.05, 3.63) is 34.4 Å². The van der Waals surface area contributed by atoms with E-state index in [1.807, 2.05) is 5.32 Å². The van der Waals surface area contributed by atoms with Crippen LogP contribution in [-0.4, -0.2) is 36.9 Å². The number of hydrogen-bond acceptors (Lipinski definition) is 8. The smallest absolute Gasteiger partial charge is 0.320 e. The Kier molecular flexibility index (Phi) is 7.57. The van der Waals surface area contributed by atoms with E-state index in [4.69, 9.17) is 9.05 Å². The van der Waals surface area contributed by atoms with Crippen molar-refractivity contribution >= 4 is 41.0 Å². The van der Waals surface area contributed by atoms with Crippen LogP contribution >= 0.6 is 20.2 Å². The van der Waals surface area contributed by atoms with Crippen molar-refractivity contribution in [3.63, 3.8) is 0 Å². The maximum atomic E-state index is 12.9. The summed E-state index contributed by atoms with van der Waals surface area (Å²) in [6, 6.07) is 3.87. The van der Waals surface area contributed by atoms with Gasteiger partial charge in [0.05, 0.1) is 23.0 Å². The predicted molar refractivity (Wildman–Crippen MR) is 92.4 cm³/mol. The van der Waals surface area contributed by atoms with Gasteiger partial charge < -0.3 is 14.4 Å². The van der Waals surface area contributed by atoms with E-state index in [0.717, 1.165) is 24.3 Å². The molecule has 0 aliphatic heterocycles. The van der Waals surface area contributed by atoms with Crippen LogP contribution in [0, 0.1) is 10.1 Å². The molecule has 1 unspecified atom stereocenters. The summed E-state index contributed by atoms with van der Waals surface area (Å²) in [5.74, 6) is 0. The van der Waals surface area contributed by atoms with Gasteiger partial charge in [0.2, 0.25) is 15.0 Å². The van der Waals surface area contributed by atoms with E-state index in [2.05, 4.69) is 12.6 Å². The summed E-state index contributed by atoms with van der Waals surface area (Å²) in [5, 5.41) is 9.52. The SMILES string of the molecule is CCOP(=O)(OCC)C(NC(=O)S)S(=O)(=O)c1ccc([N+](=O)[O-])cc1. The molecule has 0 aromatic heterocycles. The lowest BCUT2D eigenvalue weighted by Gasteiger charge is -2.26. The van der Waals surface area contributed by atoms with Crippen LogP contribution in [-0.2, 0) is 23.4 Å². The van der Waals surface area contributed by atoms with Crippen molar-refractivity contribution in [2.24, 2.45) is 0 Å². The molecule has 1 rings (SSSR count). The van der Waals surface area contributed by atoms with Crippen LogP contribution in [0.25, 0.3) is 0 Å². The second-order valence-electron chi connectivity index (χ2n) is 4.47. The summed E-state index contributed by atoms with van der Waals surface area (Å²) in [4.78, 5) is 20.9. The third-order valence-electron chi connectivity index (χ3n) is 2.82. The van der Waals surface area contributed by atoms with E-state index in [1.54, 1.807) is 0 Å². The Labute approximate surface area is 149 Å². The molecule has 0 spiro atoms. The van der Waals surface area contributed by atoms with Crippen LogP contribution in [0.1, 0.15) is 13.8 Å². The van der Waals surface area contributed by atoms with E-state index in [-0.39, 0.29) is 18.9 Å². The lowest BCUT2D eigenvalue weighted by molar-refractivity contribution is -0.384. The molecule has 10 nitrogen and oxygen atoms in total. The van der Waals surface area contributed by atoms with Crippen LogP contribution in [0.2, 0.25) is 0 Å². The first kappa shape index (κ1) is 21.6. The third kappa shape index (κ3) is 5.25. The van der Waals surface area contributed by atoms with Crippen molar-refractivity contribution in [2.75, 3.05) is 13.2 Å². The zero-order chi connectivity index (χ0) is 19.3. The Morgan fingerprint density at radius 2 is 1.76 bits per heavy atom. The van der Waals surface area contributed by atoms with E-state index < -0.39 is 37.6 Å². The van der Waals surface area contributed by atoms with Gasteiger partial charge in [0.15, 0.2) is 0 Å². The number of non-ortho nitro benzene ring substituents is 1. The standard InChI is InChI=1S/C12H17N2O8PS2/c1-3-21-23(18,22-4-2)12(13-11(15)24)25(19,20)10-7-5-9(6-8-10)14(16)17/h5-8,12H,3-4H2,1-2H3,(H2,13,15,24). The second kappa shape index (κ2) is 8.77. The molecule has 1 atom stereocenters. The van der Waals surface area contributed by atoms with Gasteiger partial charge >= 0.3 is 7.60 Å². The van der Waals surface area contributed by atoms with E-state index in [9.17, 15) is 27.9 Å². The van der Waals surface area contributed by atoms with Crippen molar-refractivity contribution in [1.82, 2.24) is 5.32 Å². The number of carbonyl (C=O) groups is 1. The van der Waals surface area contributed by atoms with Crippen molar-refractivity contribution in [3.8, 4) is 0 Å². The highest BCUT2D eigenvalue weighted by Crippen LogP contribution is 2.55. The summed E-state index contributed by atoms with van der Waals surface area (Å²) in [6.45, 7) is 2.69. The molecular formula is C12H17N2O8PS2. The number of nitro groups is 1. The van der Waals surface area contributed by atoms with Crippen molar-refractivity contribution in [2.45, 2.75) is 23.9 Å². The van der Waals surface area contributed by atoms with Gasteiger partial charge in [-0.05, 0) is 26.0 Å². The number of thiol groups is 1. The maximum absolute atomic E-state index is 12.9. The normalized spacial score (nSPS) is 13.2. The number of rotatable bonds is 9. The summed E-state index contributed by atoms with van der Waals surface area (Å²) < 4.78 is 48.5. The van der Waals surface area contributed by atoms with Gasteiger partial charge in [0.1, 0.15) is 0 Å². The number of carbonyl (C=O) groups excluding carboxylic acids is 1. The molecule has 13 heteroatoms. The van der Waals surface area contributed by atoms with Crippen LogP contribution < -0.4 is 5.32 Å². The number of benzene rings is 1. The molecule has 140 valence electrons. The van der Waals surface area contributed by atoms with E-state index >= 15 is 0 Å². The number of nitro benzene ring substituents is 1. The first-order chi connectivity index (χ1) is 11.6. The zero-order valence-corrected chi connectivity index (χ0v) is 15.9. The minimum atomic E-state index is -4.46. The predicted octanol–water partition coefficient (Wildman–Crippen LogP) is 2.56. The highest BCUT2D eigenvalue weighted by Gasteiger charge is 2.47. The molecule has 0 aliphatic rings. The van der Waals surface area contributed by atoms with Crippen LogP contribution in [0.5, 0.6) is 0 Å². The van der Waals surface area contributed by atoms with E-state index in [1.165, 1.54) is 13.8 Å². The summed E-state index contributed by atoms with van der Waals surface area (Å²) in [7, 11) is -8.76. The fourth-order valence-electron chi connectivity index (χ4n) is 1.85. The highest BCUT2D eigenvalue weighted by molar-refractivity contribution is 7.99. The Morgan fingerprint density at radius 3 is 2.12 bits per heavy atom. The van der Waals surface area contributed by atoms with Gasteiger partial charge in [0, 0.05) is 12.1 Å². The lowest BCUT2D eigenvalue weighted by atomic mass is 10.3. The lowest BCUT2D eigenvalue weighted by Crippen LogP contribution is -2.39. The molecule has 0 heterocycles. The molecule has 1 N–H and O–H groups in total. The molecule has 0 saturated heterocycles. The molecule has 0 saturated carbocycles. The first-order valence-electron chi connectivity index (χ1n) is 6.95. The average molecular weight is 412 g/mol. The molecule has 0 aliphatic carbocycles. The number of hydrogen-bond donors (Lipinski definition) is 2. The summed E-state index contributed by atoms with van der Waals surface area (Å²) in [6.07, 6.45) is 0. The first-order valence-corrected chi connectivity index (χ1v) is 10.6. The van der Waals surface area contributed by atoms with E-state index in [0.29, 0.717) is 0 Å². The number of nitrogens with zero attached hydrogens (tertiary/aromatic N) is 1. The minimum Gasteiger partial charge on any atom is -0.320 e. The average Bonchev–Trinajstić information content (AvgIpc) is 2.52. The number of amides is 1. The molecule has 25 heavy (non-hydrogen) atoms. The second-order valence-corrected chi connectivity index (χ2v) is 9.37. The van der Waals surface area contributed by atoms with Gasteiger partial charge in [-0.25, -0.2) is 8.42 Å². The molecule has 0 radical (unpaired) electrons. The Balaban J connectivity index is 3.43. The minimum absolute atomic E-state index is 0.133. The Bertz CT molecular complexity index is 771. The topological polar surface area (TPSA) is 142 Å².